The van der Waals surface area contributed by atoms with Crippen molar-refractivity contribution in [2.45, 2.75) is 0 Å². The maximum Gasteiger partial charge on any atom is 0.0794 e. The van der Waals surface area contributed by atoms with Gasteiger partial charge in [-0.05, 0) is 92.3 Å². The van der Waals surface area contributed by atoms with Crippen LogP contribution in [0.15, 0.2) is 183 Å². The van der Waals surface area contributed by atoms with Crippen LogP contribution in [0.2, 0.25) is 0 Å². The largest absolute Gasteiger partial charge is 0.265 e. The lowest BCUT2D eigenvalue weighted by atomic mass is 9.89. The first-order valence-corrected chi connectivity index (χ1v) is 17.4. The Balaban J connectivity index is 1.10. The van der Waals surface area contributed by atoms with Gasteiger partial charge < -0.3 is 0 Å². The van der Waals surface area contributed by atoms with Crippen molar-refractivity contribution < 1.29 is 0 Å². The average Bonchev–Trinajstić information content (AvgIpc) is 3.24. The van der Waals surface area contributed by atoms with E-state index in [1.54, 1.807) is 24.8 Å². The van der Waals surface area contributed by atoms with E-state index in [0.717, 1.165) is 61.5 Å². The number of aromatic nitrogens is 4. The molecule has 0 N–H and O–H groups in total. The minimum Gasteiger partial charge on any atom is -0.265 e. The molecule has 0 spiro atoms. The lowest BCUT2D eigenvalue weighted by molar-refractivity contribution is 1.27. The molecule has 0 aliphatic carbocycles. The Morgan fingerprint density at radius 1 is 0.288 bits per heavy atom. The lowest BCUT2D eigenvalue weighted by Crippen LogP contribution is -1.93. The molecule has 0 saturated carbocycles. The number of hydrogen-bond donors (Lipinski definition) is 0. The molecule has 4 aromatic heterocycles. The van der Waals surface area contributed by atoms with E-state index in [4.69, 9.17) is 9.97 Å². The third-order valence-corrected chi connectivity index (χ3v) is 10.0. The topological polar surface area (TPSA) is 51.6 Å². The molecule has 10 rings (SSSR count). The summed E-state index contributed by atoms with van der Waals surface area (Å²) in [5, 5.41) is 8.59. The Morgan fingerprint density at radius 2 is 0.788 bits per heavy atom. The SMILES string of the molecule is c1cc(-c2ccc(-c3nc4ccccc4c4c5ccccc5c5ccccc5c34)cc2)cc(-c2cc(-c3ccncc3)nc(-c3ccncc3)c2)c1. The Hall–Kier alpha value is -7.04. The molecule has 0 aliphatic rings. The number of fused-ring (bicyclic) bond motifs is 8. The minimum atomic E-state index is 0.900. The van der Waals surface area contributed by atoms with Crippen molar-refractivity contribution in [2.24, 2.45) is 0 Å². The maximum atomic E-state index is 5.34. The third-order valence-electron chi connectivity index (χ3n) is 10.0. The van der Waals surface area contributed by atoms with Crippen molar-refractivity contribution in [3.63, 3.8) is 0 Å². The fraction of sp³-hybridized carbons (Fsp3) is 0. The van der Waals surface area contributed by atoms with Crippen LogP contribution in [0, 0.1) is 0 Å². The Labute approximate surface area is 300 Å². The molecule has 10 aromatic rings. The van der Waals surface area contributed by atoms with E-state index in [1.165, 1.54) is 37.7 Å². The van der Waals surface area contributed by atoms with Crippen molar-refractivity contribution in [1.29, 1.82) is 0 Å². The number of pyridine rings is 4. The van der Waals surface area contributed by atoms with Crippen LogP contribution in [-0.2, 0) is 0 Å². The van der Waals surface area contributed by atoms with E-state index < -0.39 is 0 Å². The molecule has 6 aromatic carbocycles. The van der Waals surface area contributed by atoms with Crippen LogP contribution in [0.5, 0.6) is 0 Å². The monoisotopic (exact) mass is 662 g/mol. The first kappa shape index (κ1) is 29.8. The molecule has 0 saturated heterocycles. The van der Waals surface area contributed by atoms with Crippen LogP contribution >= 0.6 is 0 Å². The van der Waals surface area contributed by atoms with Gasteiger partial charge in [0, 0.05) is 57.6 Å². The van der Waals surface area contributed by atoms with Crippen LogP contribution in [0.25, 0.3) is 99.2 Å². The first-order valence-electron chi connectivity index (χ1n) is 17.4. The summed E-state index contributed by atoms with van der Waals surface area (Å²) in [5.74, 6) is 0. The Morgan fingerprint density at radius 3 is 1.40 bits per heavy atom. The van der Waals surface area contributed by atoms with Crippen molar-refractivity contribution >= 4 is 43.2 Å². The number of nitrogens with zero attached hydrogens (tertiary/aromatic N) is 4. The van der Waals surface area contributed by atoms with Crippen LogP contribution in [0.4, 0.5) is 0 Å². The van der Waals surface area contributed by atoms with Gasteiger partial charge in [-0.15, -0.1) is 0 Å². The first-order chi connectivity index (χ1) is 25.8. The standard InChI is InChI=1S/C48H30N4/c1-3-12-40-38(10-1)39-11-2-4-13-41(39)47-46(40)42-14-5-6-15-43(42)52-48(47)34-18-16-31(17-19-34)35-8-7-9-36(28-35)37-29-44(32-20-24-49-25-21-32)51-45(30-37)33-22-26-50-27-23-33/h1-30H. The highest BCUT2D eigenvalue weighted by atomic mass is 14.7. The van der Waals surface area contributed by atoms with Gasteiger partial charge in [0.15, 0.2) is 0 Å². The summed E-state index contributed by atoms with van der Waals surface area (Å²) in [4.78, 5) is 18.8. The molecular weight excluding hydrogens is 633 g/mol. The molecule has 4 heteroatoms. The van der Waals surface area contributed by atoms with Crippen molar-refractivity contribution in [2.75, 3.05) is 0 Å². The third kappa shape index (κ3) is 5.09. The van der Waals surface area contributed by atoms with E-state index in [9.17, 15) is 0 Å². The van der Waals surface area contributed by atoms with E-state index in [2.05, 4.69) is 143 Å². The second kappa shape index (κ2) is 12.4. The van der Waals surface area contributed by atoms with Crippen LogP contribution < -0.4 is 0 Å². The Bertz CT molecular complexity index is 2880. The van der Waals surface area contributed by atoms with Crippen molar-refractivity contribution in [3.8, 4) is 56.0 Å². The second-order valence-electron chi connectivity index (χ2n) is 13.1. The molecule has 242 valence electrons. The Kier molecular flexibility index (Phi) is 7.10. The highest BCUT2D eigenvalue weighted by Gasteiger charge is 2.17. The fourth-order valence-corrected chi connectivity index (χ4v) is 7.57. The van der Waals surface area contributed by atoms with Gasteiger partial charge in [-0.25, -0.2) is 9.97 Å². The minimum absolute atomic E-state index is 0.900. The highest BCUT2D eigenvalue weighted by molar-refractivity contribution is 6.33. The number of benzene rings is 6. The summed E-state index contributed by atoms with van der Waals surface area (Å²) in [7, 11) is 0. The van der Waals surface area contributed by atoms with Gasteiger partial charge in [0.05, 0.1) is 22.6 Å². The van der Waals surface area contributed by atoms with Gasteiger partial charge in [0.2, 0.25) is 0 Å². The van der Waals surface area contributed by atoms with Gasteiger partial charge in [-0.3, -0.25) is 9.97 Å². The van der Waals surface area contributed by atoms with E-state index in [1.807, 2.05) is 24.3 Å². The molecule has 0 unspecified atom stereocenters. The quantitative estimate of drug-likeness (QED) is 0.172. The van der Waals surface area contributed by atoms with E-state index >= 15 is 0 Å². The van der Waals surface area contributed by atoms with Gasteiger partial charge in [-0.2, -0.15) is 0 Å². The summed E-state index contributed by atoms with van der Waals surface area (Å²) in [6.45, 7) is 0. The second-order valence-corrected chi connectivity index (χ2v) is 13.1. The number of hydrogen-bond acceptors (Lipinski definition) is 4. The highest BCUT2D eigenvalue weighted by Crippen LogP contribution is 2.43. The van der Waals surface area contributed by atoms with Gasteiger partial charge in [0.1, 0.15) is 0 Å². The van der Waals surface area contributed by atoms with Gasteiger partial charge >= 0.3 is 0 Å². The summed E-state index contributed by atoms with van der Waals surface area (Å²) in [5.41, 5.74) is 11.4. The molecule has 0 bridgehead atoms. The van der Waals surface area contributed by atoms with Crippen LogP contribution in [0.3, 0.4) is 0 Å². The zero-order chi connectivity index (χ0) is 34.4. The molecule has 52 heavy (non-hydrogen) atoms. The predicted molar refractivity (Wildman–Crippen MR) is 215 cm³/mol. The molecule has 0 fully saturated rings. The van der Waals surface area contributed by atoms with Gasteiger partial charge in [-0.1, -0.05) is 109 Å². The molecule has 0 amide bonds. The van der Waals surface area contributed by atoms with E-state index in [-0.39, 0.29) is 0 Å². The average molecular weight is 663 g/mol. The maximum absolute atomic E-state index is 5.34. The van der Waals surface area contributed by atoms with Crippen molar-refractivity contribution in [3.05, 3.63) is 183 Å². The molecule has 4 heterocycles. The normalized spacial score (nSPS) is 11.5. The van der Waals surface area contributed by atoms with Crippen LogP contribution in [-0.4, -0.2) is 19.9 Å². The zero-order valence-corrected chi connectivity index (χ0v) is 28.1. The van der Waals surface area contributed by atoms with E-state index in [0.29, 0.717) is 0 Å². The molecule has 0 atom stereocenters. The summed E-state index contributed by atoms with van der Waals surface area (Å²) in [6.07, 6.45) is 7.23. The molecule has 4 nitrogen and oxygen atoms in total. The summed E-state index contributed by atoms with van der Waals surface area (Å²) in [6, 6.07) is 55.9. The van der Waals surface area contributed by atoms with Crippen molar-refractivity contribution in [1.82, 2.24) is 19.9 Å². The predicted octanol–water partition coefficient (Wildman–Crippen LogP) is 12.2. The summed E-state index contributed by atoms with van der Waals surface area (Å²) < 4.78 is 0. The zero-order valence-electron chi connectivity index (χ0n) is 28.1. The van der Waals surface area contributed by atoms with Crippen LogP contribution in [0.1, 0.15) is 0 Å². The summed E-state index contributed by atoms with van der Waals surface area (Å²) >= 11 is 0. The smallest absolute Gasteiger partial charge is 0.0794 e. The molecule has 0 aliphatic heterocycles. The molecular formula is C48H30N4. The number of para-hydroxylation sites is 1. The molecule has 0 radical (unpaired) electrons. The van der Waals surface area contributed by atoms with Gasteiger partial charge in [0.25, 0.3) is 0 Å². The fourth-order valence-electron chi connectivity index (χ4n) is 7.57. The lowest BCUT2D eigenvalue weighted by Gasteiger charge is -2.16. The number of rotatable bonds is 5.